The van der Waals surface area contributed by atoms with Crippen LogP contribution in [0.4, 0.5) is 5.82 Å². The molecule has 0 spiro atoms. The fourth-order valence-electron chi connectivity index (χ4n) is 2.45. The summed E-state index contributed by atoms with van der Waals surface area (Å²) in [6.07, 6.45) is 3.37. The maximum Gasteiger partial charge on any atom is 0.273 e. The van der Waals surface area contributed by atoms with Crippen LogP contribution in [0.15, 0.2) is 47.4 Å². The van der Waals surface area contributed by atoms with E-state index >= 15 is 0 Å². The lowest BCUT2D eigenvalue weighted by Gasteiger charge is -2.06. The van der Waals surface area contributed by atoms with Crippen molar-refractivity contribution in [3.05, 3.63) is 52.9 Å². The molecule has 0 atom stereocenters. The van der Waals surface area contributed by atoms with Crippen molar-refractivity contribution in [2.24, 2.45) is 5.92 Å². The first kappa shape index (κ1) is 12.8. The number of carbonyl (C=O) groups excluding carboxylic acids is 1. The van der Waals surface area contributed by atoms with E-state index in [0.29, 0.717) is 16.7 Å². The van der Waals surface area contributed by atoms with E-state index in [9.17, 15) is 9.59 Å². The van der Waals surface area contributed by atoms with Gasteiger partial charge in [0.15, 0.2) is 0 Å². The van der Waals surface area contributed by atoms with Gasteiger partial charge in [0.05, 0.1) is 16.6 Å². The van der Waals surface area contributed by atoms with Crippen molar-refractivity contribution in [2.45, 2.75) is 12.8 Å². The quantitative estimate of drug-likeness (QED) is 0.776. The Morgan fingerprint density at radius 3 is 2.77 bits per heavy atom. The topological polar surface area (TPSA) is 79.8 Å². The monoisotopic (exact) mass is 294 g/mol. The minimum atomic E-state index is -0.202. The smallest absolute Gasteiger partial charge is 0.273 e. The highest BCUT2D eigenvalue weighted by Crippen LogP contribution is 2.30. The lowest BCUT2D eigenvalue weighted by Crippen LogP contribution is -2.14. The molecule has 2 N–H and O–H groups in total. The molecule has 0 radical (unpaired) electrons. The second-order valence-electron chi connectivity index (χ2n) is 5.46. The highest BCUT2D eigenvalue weighted by atomic mass is 16.2. The molecule has 0 bridgehead atoms. The molecule has 1 amide bonds. The molecule has 6 heteroatoms. The fourth-order valence-corrected chi connectivity index (χ4v) is 2.45. The molecule has 3 aromatic rings. The van der Waals surface area contributed by atoms with Gasteiger partial charge in [0.1, 0.15) is 5.82 Å². The summed E-state index contributed by atoms with van der Waals surface area (Å²) in [5.41, 5.74) is 1.34. The van der Waals surface area contributed by atoms with Crippen molar-refractivity contribution in [3.63, 3.8) is 0 Å². The minimum absolute atomic E-state index is 0.00371. The zero-order valence-electron chi connectivity index (χ0n) is 11.7. The van der Waals surface area contributed by atoms with Gasteiger partial charge in [-0.2, -0.15) is 0 Å². The van der Waals surface area contributed by atoms with Crippen LogP contribution in [0.1, 0.15) is 12.8 Å². The molecule has 1 aromatic carbocycles. The van der Waals surface area contributed by atoms with E-state index in [2.05, 4.69) is 15.4 Å². The van der Waals surface area contributed by atoms with Crippen LogP contribution in [0.2, 0.25) is 0 Å². The Kier molecular flexibility index (Phi) is 2.82. The van der Waals surface area contributed by atoms with Crippen molar-refractivity contribution in [1.29, 1.82) is 0 Å². The predicted molar refractivity (Wildman–Crippen MR) is 83.0 cm³/mol. The Morgan fingerprint density at radius 2 is 2.05 bits per heavy atom. The molecular weight excluding hydrogens is 280 g/mol. The number of benzene rings is 1. The first-order valence-corrected chi connectivity index (χ1v) is 7.19. The summed E-state index contributed by atoms with van der Waals surface area (Å²) in [4.78, 5) is 28.0. The van der Waals surface area contributed by atoms with Gasteiger partial charge >= 0.3 is 0 Å². The van der Waals surface area contributed by atoms with E-state index in [4.69, 9.17) is 0 Å². The van der Waals surface area contributed by atoms with Crippen LogP contribution in [-0.4, -0.2) is 20.7 Å². The third-order valence-electron chi connectivity index (χ3n) is 3.79. The Labute approximate surface area is 125 Å². The van der Waals surface area contributed by atoms with Crippen LogP contribution < -0.4 is 10.9 Å². The number of nitrogens with zero attached hydrogens (tertiary/aromatic N) is 2. The molecule has 0 aliphatic heterocycles. The van der Waals surface area contributed by atoms with E-state index in [1.165, 1.54) is 6.20 Å². The summed E-state index contributed by atoms with van der Waals surface area (Å²) < 4.78 is 1.70. The summed E-state index contributed by atoms with van der Waals surface area (Å²) in [5.74, 6) is 0.573. The molecule has 1 aliphatic carbocycles. The SMILES string of the molecule is O=C(Nc1cc2c(cn1)c(=O)[nH]n2-c1ccccc1)C1CC1. The third kappa shape index (κ3) is 2.18. The molecule has 0 saturated heterocycles. The number of carbonyl (C=O) groups is 1. The number of anilines is 1. The van der Waals surface area contributed by atoms with Crippen LogP contribution in [0, 0.1) is 5.92 Å². The number of H-pyrrole nitrogens is 1. The molecule has 6 nitrogen and oxygen atoms in total. The lowest BCUT2D eigenvalue weighted by molar-refractivity contribution is -0.117. The molecule has 4 rings (SSSR count). The number of aromatic amines is 1. The number of hydrogen-bond acceptors (Lipinski definition) is 3. The summed E-state index contributed by atoms with van der Waals surface area (Å²) in [6, 6.07) is 11.2. The Balaban J connectivity index is 1.80. The van der Waals surface area contributed by atoms with Crippen LogP contribution in [0.5, 0.6) is 0 Å². The molecule has 2 aromatic heterocycles. The lowest BCUT2D eigenvalue weighted by atomic mass is 10.3. The summed E-state index contributed by atoms with van der Waals surface area (Å²) in [6.45, 7) is 0. The minimum Gasteiger partial charge on any atom is -0.310 e. The van der Waals surface area contributed by atoms with E-state index in [-0.39, 0.29) is 17.4 Å². The zero-order chi connectivity index (χ0) is 15.1. The number of para-hydroxylation sites is 1. The number of aromatic nitrogens is 3. The molecule has 1 aliphatic rings. The third-order valence-corrected chi connectivity index (χ3v) is 3.79. The van der Waals surface area contributed by atoms with Crippen LogP contribution in [-0.2, 0) is 4.79 Å². The second-order valence-corrected chi connectivity index (χ2v) is 5.46. The van der Waals surface area contributed by atoms with Crippen LogP contribution in [0.3, 0.4) is 0 Å². The summed E-state index contributed by atoms with van der Waals surface area (Å²) in [5, 5.41) is 6.09. The van der Waals surface area contributed by atoms with Crippen molar-refractivity contribution in [2.75, 3.05) is 5.32 Å². The Morgan fingerprint density at radius 1 is 1.27 bits per heavy atom. The molecule has 0 unspecified atom stereocenters. The zero-order valence-corrected chi connectivity index (χ0v) is 11.7. The number of hydrogen-bond donors (Lipinski definition) is 2. The maximum absolute atomic E-state index is 12.0. The molecule has 1 fully saturated rings. The summed E-state index contributed by atoms with van der Waals surface area (Å²) in [7, 11) is 0. The Bertz CT molecular complexity index is 907. The average Bonchev–Trinajstić information content (AvgIpc) is 3.34. The van der Waals surface area contributed by atoms with Crippen LogP contribution >= 0.6 is 0 Å². The largest absolute Gasteiger partial charge is 0.310 e. The van der Waals surface area contributed by atoms with Gasteiger partial charge in [-0.1, -0.05) is 18.2 Å². The normalized spacial score (nSPS) is 14.2. The average molecular weight is 294 g/mol. The molecular formula is C16H14N4O2. The van der Waals surface area contributed by atoms with E-state index in [1.807, 2.05) is 30.3 Å². The van der Waals surface area contributed by atoms with Gasteiger partial charge in [-0.25, -0.2) is 4.98 Å². The van der Waals surface area contributed by atoms with Gasteiger partial charge in [0.2, 0.25) is 5.91 Å². The highest BCUT2D eigenvalue weighted by Gasteiger charge is 2.29. The molecule has 2 heterocycles. The highest BCUT2D eigenvalue weighted by molar-refractivity contribution is 5.94. The number of nitrogens with one attached hydrogen (secondary N) is 2. The van der Waals surface area contributed by atoms with E-state index in [1.54, 1.807) is 10.7 Å². The predicted octanol–water partition coefficient (Wildman–Crippen LogP) is 2.06. The Hall–Kier alpha value is -2.89. The van der Waals surface area contributed by atoms with Crippen molar-refractivity contribution < 1.29 is 4.79 Å². The van der Waals surface area contributed by atoms with Gasteiger partial charge in [-0.05, 0) is 25.0 Å². The van der Waals surface area contributed by atoms with Crippen molar-refractivity contribution >= 4 is 22.6 Å². The van der Waals surface area contributed by atoms with Gasteiger partial charge < -0.3 is 5.32 Å². The van der Waals surface area contributed by atoms with E-state index < -0.39 is 0 Å². The fraction of sp³-hybridized carbons (Fsp3) is 0.188. The standard InChI is InChI=1S/C16H14N4O2/c21-15(10-6-7-10)18-14-8-13-12(9-17-14)16(22)19-20(13)11-4-2-1-3-5-11/h1-5,8-10H,6-7H2,(H,19,22)(H,17,18,21). The van der Waals surface area contributed by atoms with Gasteiger partial charge in [0, 0.05) is 18.2 Å². The number of amides is 1. The van der Waals surface area contributed by atoms with Gasteiger partial charge in [0.25, 0.3) is 5.56 Å². The first-order valence-electron chi connectivity index (χ1n) is 7.19. The maximum atomic E-state index is 12.0. The van der Waals surface area contributed by atoms with Gasteiger partial charge in [-0.3, -0.25) is 19.4 Å². The second kappa shape index (κ2) is 4.84. The molecule has 1 saturated carbocycles. The van der Waals surface area contributed by atoms with Crippen molar-refractivity contribution in [1.82, 2.24) is 14.8 Å². The molecule has 22 heavy (non-hydrogen) atoms. The molecule has 110 valence electrons. The van der Waals surface area contributed by atoms with Crippen LogP contribution in [0.25, 0.3) is 16.6 Å². The number of pyridine rings is 1. The van der Waals surface area contributed by atoms with Crippen molar-refractivity contribution in [3.8, 4) is 5.69 Å². The number of rotatable bonds is 3. The summed E-state index contributed by atoms with van der Waals surface area (Å²) >= 11 is 0. The van der Waals surface area contributed by atoms with Gasteiger partial charge in [-0.15, -0.1) is 0 Å². The first-order chi connectivity index (χ1) is 10.7. The van der Waals surface area contributed by atoms with E-state index in [0.717, 1.165) is 18.5 Å². The number of fused-ring (bicyclic) bond motifs is 1.